The molecular weight excluding hydrogens is 450 g/mol. The first-order valence-electron chi connectivity index (χ1n) is 11.7. The van der Waals surface area contributed by atoms with Gasteiger partial charge in [0.2, 0.25) is 0 Å². The van der Waals surface area contributed by atoms with Gasteiger partial charge in [-0.15, -0.1) is 0 Å². The Kier molecular flexibility index (Phi) is 8.97. The summed E-state index contributed by atoms with van der Waals surface area (Å²) in [5, 5.41) is 0. The van der Waals surface area contributed by atoms with Crippen LogP contribution in [0.3, 0.4) is 0 Å². The fraction of sp³-hybridized carbons (Fsp3) is 0.750. The Hall–Kier alpha value is 0.00364. The van der Waals surface area contributed by atoms with Gasteiger partial charge in [-0.05, 0) is 0 Å². The van der Waals surface area contributed by atoms with Crippen LogP contribution in [0.1, 0.15) is 87.0 Å². The molecule has 1 aliphatic heterocycles. The van der Waals surface area contributed by atoms with E-state index in [4.69, 9.17) is 9.31 Å². The van der Waals surface area contributed by atoms with Crippen molar-refractivity contribution in [1.82, 2.24) is 0 Å². The topological polar surface area (TPSA) is 18.5 Å². The second kappa shape index (κ2) is 10.3. The van der Waals surface area contributed by atoms with E-state index in [1.165, 1.54) is 57.3 Å². The van der Waals surface area contributed by atoms with Crippen LogP contribution in [-0.4, -0.2) is 36.7 Å². The Morgan fingerprint density at radius 1 is 0.714 bits per heavy atom. The van der Waals surface area contributed by atoms with Gasteiger partial charge in [0.05, 0.1) is 0 Å². The average Bonchev–Trinajstić information content (AvgIpc) is 2.89. The molecule has 28 heavy (non-hydrogen) atoms. The summed E-state index contributed by atoms with van der Waals surface area (Å²) in [6, 6.07) is 9.51. The minimum atomic E-state index is -2.34. The van der Waals surface area contributed by atoms with Crippen molar-refractivity contribution >= 4 is 34.5 Å². The molecule has 0 atom stereocenters. The molecule has 0 amide bonds. The van der Waals surface area contributed by atoms with E-state index in [1.54, 1.807) is 3.58 Å². The van der Waals surface area contributed by atoms with Crippen molar-refractivity contribution in [3.8, 4) is 0 Å². The molecule has 158 valence electrons. The Morgan fingerprint density at radius 2 is 1.11 bits per heavy atom. The van der Waals surface area contributed by atoms with Crippen LogP contribution < -0.4 is 9.04 Å². The summed E-state index contributed by atoms with van der Waals surface area (Å²) < 4.78 is 18.8. The molecule has 0 aliphatic carbocycles. The van der Waals surface area contributed by atoms with Crippen LogP contribution in [-0.2, 0) is 9.31 Å². The van der Waals surface area contributed by atoms with Gasteiger partial charge in [-0.1, -0.05) is 0 Å². The molecule has 0 saturated carbocycles. The summed E-state index contributed by atoms with van der Waals surface area (Å²) in [6.07, 6.45) is 8.18. The zero-order valence-corrected chi connectivity index (χ0v) is 22.4. The van der Waals surface area contributed by atoms with E-state index in [1.807, 2.05) is 0 Å². The second-order valence-electron chi connectivity index (χ2n) is 9.80. The van der Waals surface area contributed by atoms with Gasteiger partial charge in [0, 0.05) is 0 Å². The summed E-state index contributed by atoms with van der Waals surface area (Å²) in [5.41, 5.74) is 0.620. The van der Waals surface area contributed by atoms with E-state index in [-0.39, 0.29) is 18.3 Å². The maximum absolute atomic E-state index is 6.27. The molecule has 0 N–H and O–H groups in total. The Balaban J connectivity index is 2.27. The van der Waals surface area contributed by atoms with Gasteiger partial charge in [-0.25, -0.2) is 0 Å². The van der Waals surface area contributed by atoms with Crippen LogP contribution in [0.25, 0.3) is 0 Å². The molecule has 0 spiro atoms. The van der Waals surface area contributed by atoms with Crippen LogP contribution in [0.4, 0.5) is 0 Å². The monoisotopic (exact) mass is 494 g/mol. The summed E-state index contributed by atoms with van der Waals surface area (Å²) in [4.78, 5) is 0. The molecule has 1 fully saturated rings. The zero-order chi connectivity index (χ0) is 20.8. The third-order valence-corrected chi connectivity index (χ3v) is 22.7. The molecule has 1 aromatic carbocycles. The van der Waals surface area contributed by atoms with Crippen LogP contribution in [0.2, 0.25) is 13.3 Å². The van der Waals surface area contributed by atoms with E-state index in [0.29, 0.717) is 0 Å². The van der Waals surface area contributed by atoms with Crippen molar-refractivity contribution in [1.29, 1.82) is 0 Å². The van der Waals surface area contributed by atoms with E-state index in [9.17, 15) is 0 Å². The van der Waals surface area contributed by atoms with Crippen molar-refractivity contribution in [2.24, 2.45) is 0 Å². The first-order chi connectivity index (χ1) is 13.2. The molecule has 0 radical (unpaired) electrons. The third kappa shape index (κ3) is 5.57. The molecular formula is C24H43BO2Sn. The molecule has 1 aromatic rings. The first-order valence-corrected chi connectivity index (χ1v) is 19.2. The average molecular weight is 493 g/mol. The standard InChI is InChI=1S/C12H16BO2.3C4H9.Sn/c1-11(2)12(3,4)15-13(14-11)10-8-6-5-7-9-10;3*1-3-4-2;/h6-9H,1-4H3;3*1,3-4H2,2H3;. The number of unbranched alkanes of at least 4 members (excludes halogenated alkanes) is 3. The molecule has 0 aromatic heterocycles. The van der Waals surface area contributed by atoms with Gasteiger partial charge >= 0.3 is 180 Å². The third-order valence-electron chi connectivity index (χ3n) is 7.08. The molecule has 1 aliphatic rings. The zero-order valence-electron chi connectivity index (χ0n) is 19.6. The minimum absolute atomic E-state index is 0.245. The van der Waals surface area contributed by atoms with Gasteiger partial charge in [0.25, 0.3) is 0 Å². The van der Waals surface area contributed by atoms with Crippen molar-refractivity contribution in [3.05, 3.63) is 24.3 Å². The SMILES string of the molecule is CCC[CH2][Sn]([CH2]CCC)([CH2]CCC)[c]1ccc(B2OC(C)(C)C(C)(C)O2)cc1. The molecule has 2 nitrogen and oxygen atoms in total. The van der Waals surface area contributed by atoms with Crippen LogP contribution in [0.15, 0.2) is 24.3 Å². The van der Waals surface area contributed by atoms with E-state index in [0.717, 1.165) is 0 Å². The predicted octanol–water partition coefficient (Wildman–Crippen LogP) is 6.04. The van der Waals surface area contributed by atoms with Crippen molar-refractivity contribution in [3.63, 3.8) is 0 Å². The number of rotatable bonds is 11. The normalized spacial score (nSPS) is 18.6. The number of benzene rings is 1. The van der Waals surface area contributed by atoms with Crippen LogP contribution in [0.5, 0.6) is 0 Å². The summed E-state index contributed by atoms with van der Waals surface area (Å²) in [5.74, 6) is 0. The molecule has 0 bridgehead atoms. The fourth-order valence-electron chi connectivity index (χ4n) is 4.33. The van der Waals surface area contributed by atoms with E-state index >= 15 is 0 Å². The van der Waals surface area contributed by atoms with Gasteiger partial charge in [0.1, 0.15) is 0 Å². The summed E-state index contributed by atoms with van der Waals surface area (Å²) in [6.45, 7) is 15.5. The summed E-state index contributed by atoms with van der Waals surface area (Å²) >= 11 is -2.34. The molecule has 0 unspecified atom stereocenters. The number of hydrogen-bond donors (Lipinski definition) is 0. The molecule has 2 rings (SSSR count). The Labute approximate surface area is 179 Å². The van der Waals surface area contributed by atoms with Gasteiger partial charge < -0.3 is 0 Å². The van der Waals surface area contributed by atoms with E-state index in [2.05, 4.69) is 72.7 Å². The van der Waals surface area contributed by atoms with Crippen LogP contribution >= 0.6 is 0 Å². The predicted molar refractivity (Wildman–Crippen MR) is 127 cm³/mol. The fourth-order valence-corrected chi connectivity index (χ4v) is 20.3. The van der Waals surface area contributed by atoms with Crippen molar-refractivity contribution in [2.75, 3.05) is 0 Å². The van der Waals surface area contributed by atoms with Gasteiger partial charge in [-0.3, -0.25) is 0 Å². The summed E-state index contributed by atoms with van der Waals surface area (Å²) in [7, 11) is -0.245. The number of hydrogen-bond acceptors (Lipinski definition) is 2. The first kappa shape index (κ1) is 24.3. The van der Waals surface area contributed by atoms with Crippen molar-refractivity contribution < 1.29 is 9.31 Å². The molecule has 4 heteroatoms. The van der Waals surface area contributed by atoms with Crippen molar-refractivity contribution in [2.45, 2.75) is 112 Å². The van der Waals surface area contributed by atoms with Crippen LogP contribution in [0, 0.1) is 0 Å². The molecule has 1 saturated heterocycles. The maximum atomic E-state index is 6.27. The molecule has 1 heterocycles. The van der Waals surface area contributed by atoms with E-state index < -0.39 is 18.4 Å². The second-order valence-corrected chi connectivity index (χ2v) is 23.0. The Morgan fingerprint density at radius 3 is 1.46 bits per heavy atom. The Bertz CT molecular complexity index is 559. The van der Waals surface area contributed by atoms with Gasteiger partial charge in [-0.2, -0.15) is 0 Å². The van der Waals surface area contributed by atoms with Gasteiger partial charge in [0.15, 0.2) is 0 Å². The quantitative estimate of drug-likeness (QED) is 0.350.